The summed E-state index contributed by atoms with van der Waals surface area (Å²) in [6.07, 6.45) is 6.55. The van der Waals surface area contributed by atoms with Crippen LogP contribution in [-0.2, 0) is 4.74 Å². The van der Waals surface area contributed by atoms with Gasteiger partial charge in [0, 0.05) is 18.0 Å². The van der Waals surface area contributed by atoms with Crippen molar-refractivity contribution in [2.75, 3.05) is 0 Å². The molecule has 1 unspecified atom stereocenters. The third kappa shape index (κ3) is 2.16. The molecule has 0 bridgehead atoms. The summed E-state index contributed by atoms with van der Waals surface area (Å²) in [4.78, 5) is 4.05. The molecule has 2 aliphatic rings. The Balaban J connectivity index is 1.93. The van der Waals surface area contributed by atoms with E-state index in [0.717, 1.165) is 12.8 Å². The van der Waals surface area contributed by atoms with Crippen molar-refractivity contribution >= 4 is 28.5 Å². The van der Waals surface area contributed by atoms with Gasteiger partial charge in [-0.1, -0.05) is 11.6 Å². The number of rotatable bonds is 2. The highest BCUT2D eigenvalue weighted by atomic mass is 35.5. The van der Waals surface area contributed by atoms with Crippen LogP contribution in [0.4, 0.5) is 0 Å². The van der Waals surface area contributed by atoms with Crippen molar-refractivity contribution in [3.05, 3.63) is 12.3 Å². The van der Waals surface area contributed by atoms with E-state index < -0.39 is 6.35 Å². The van der Waals surface area contributed by atoms with Crippen LogP contribution in [0.15, 0.2) is 17.3 Å². The molecule has 1 aliphatic carbocycles. The Labute approximate surface area is 87.1 Å². The van der Waals surface area contributed by atoms with E-state index in [2.05, 4.69) is 4.99 Å². The molecule has 0 aromatic carbocycles. The largest absolute Gasteiger partial charge is 0.335 e. The number of nitrogens with zero attached hydrogens (tertiary/aromatic N) is 2. The average Bonchev–Trinajstić information content (AvgIpc) is 2.03. The number of aliphatic imine (C=N–C) groups is 1. The minimum absolute atomic E-state index is 0.297. The number of ether oxygens (including phenoxy) is 1. The molecule has 2 rings (SSSR count). The zero-order chi connectivity index (χ0) is 9.26. The molecule has 3 nitrogen and oxygen atoms in total. The van der Waals surface area contributed by atoms with E-state index in [0.29, 0.717) is 11.3 Å². The van der Waals surface area contributed by atoms with E-state index >= 15 is 0 Å². The van der Waals surface area contributed by atoms with Crippen LogP contribution >= 0.6 is 23.4 Å². The molecule has 5 heteroatoms. The Morgan fingerprint density at radius 2 is 2.31 bits per heavy atom. The van der Waals surface area contributed by atoms with Crippen molar-refractivity contribution in [3.8, 4) is 0 Å². The fraction of sp³-hybridized carbons (Fsp3) is 0.625. The zero-order valence-corrected chi connectivity index (χ0v) is 8.50. The Kier molecular flexibility index (Phi) is 2.77. The van der Waals surface area contributed by atoms with Gasteiger partial charge in [-0.05, 0) is 25.3 Å². The third-order valence-corrected chi connectivity index (χ3v) is 2.67. The van der Waals surface area contributed by atoms with Crippen LogP contribution < -0.4 is 0 Å². The number of hydrogen-bond acceptors (Lipinski definition) is 3. The fourth-order valence-electron chi connectivity index (χ4n) is 1.18. The summed E-state index contributed by atoms with van der Waals surface area (Å²) in [7, 11) is 0. The van der Waals surface area contributed by atoms with Crippen LogP contribution in [0.25, 0.3) is 0 Å². The van der Waals surface area contributed by atoms with Gasteiger partial charge in [0.15, 0.2) is 0 Å². The molecular weight excluding hydrogens is 211 g/mol. The molecule has 13 heavy (non-hydrogen) atoms. The van der Waals surface area contributed by atoms with Gasteiger partial charge in [0.2, 0.25) is 6.35 Å². The lowest BCUT2D eigenvalue weighted by Gasteiger charge is -2.32. The Morgan fingerprint density at radius 3 is 2.92 bits per heavy atom. The minimum Gasteiger partial charge on any atom is -0.335 e. The van der Waals surface area contributed by atoms with Gasteiger partial charge in [-0.25, -0.2) is 9.41 Å². The van der Waals surface area contributed by atoms with Gasteiger partial charge in [-0.2, -0.15) is 0 Å². The van der Waals surface area contributed by atoms with E-state index in [1.54, 1.807) is 12.3 Å². The zero-order valence-electron chi connectivity index (χ0n) is 6.99. The van der Waals surface area contributed by atoms with Gasteiger partial charge in [-0.15, -0.1) is 0 Å². The maximum atomic E-state index is 5.83. The van der Waals surface area contributed by atoms with E-state index in [4.69, 9.17) is 28.1 Å². The maximum Gasteiger partial charge on any atom is 0.243 e. The summed E-state index contributed by atoms with van der Waals surface area (Å²) in [5.74, 6) is 0. The van der Waals surface area contributed by atoms with Crippen LogP contribution in [0.2, 0.25) is 0 Å². The Morgan fingerprint density at radius 1 is 1.54 bits per heavy atom. The molecule has 0 N–H and O–H groups in total. The van der Waals surface area contributed by atoms with Gasteiger partial charge in [0.1, 0.15) is 5.17 Å². The van der Waals surface area contributed by atoms with Crippen LogP contribution in [-0.4, -0.2) is 22.0 Å². The van der Waals surface area contributed by atoms with E-state index in [1.165, 1.54) is 10.8 Å². The number of hydrogen-bond donors (Lipinski definition) is 0. The third-order valence-electron chi connectivity index (χ3n) is 2.17. The van der Waals surface area contributed by atoms with Crippen molar-refractivity contribution in [3.63, 3.8) is 0 Å². The lowest BCUT2D eigenvalue weighted by molar-refractivity contribution is -0.0825. The van der Waals surface area contributed by atoms with Crippen molar-refractivity contribution in [2.24, 2.45) is 4.99 Å². The molecule has 0 radical (unpaired) electrons. The van der Waals surface area contributed by atoms with Crippen molar-refractivity contribution in [2.45, 2.75) is 31.7 Å². The van der Waals surface area contributed by atoms with E-state index in [-0.39, 0.29) is 0 Å². The molecule has 1 saturated carbocycles. The topological polar surface area (TPSA) is 24.8 Å². The SMILES string of the molecule is ClC1=NC(OC2CCC2)N(Cl)C=C1. The van der Waals surface area contributed by atoms with E-state index in [1.807, 2.05) is 0 Å². The summed E-state index contributed by atoms with van der Waals surface area (Å²) in [6, 6.07) is 0. The van der Waals surface area contributed by atoms with Gasteiger partial charge < -0.3 is 4.74 Å². The van der Waals surface area contributed by atoms with Gasteiger partial charge in [0.05, 0.1) is 6.10 Å². The summed E-state index contributed by atoms with van der Waals surface area (Å²) >= 11 is 11.5. The normalized spacial score (nSPS) is 28.6. The first-order valence-electron chi connectivity index (χ1n) is 4.27. The van der Waals surface area contributed by atoms with Crippen LogP contribution in [0.3, 0.4) is 0 Å². The second kappa shape index (κ2) is 3.86. The van der Waals surface area contributed by atoms with E-state index in [9.17, 15) is 0 Å². The highest BCUT2D eigenvalue weighted by Crippen LogP contribution is 2.26. The fourth-order valence-corrected chi connectivity index (χ4v) is 1.46. The molecule has 1 atom stereocenters. The second-order valence-electron chi connectivity index (χ2n) is 3.13. The Bertz CT molecular complexity index is 251. The molecular formula is C8H10Cl2N2O. The Hall–Kier alpha value is -0.250. The maximum absolute atomic E-state index is 5.83. The quantitative estimate of drug-likeness (QED) is 0.669. The standard InChI is InChI=1S/C8H10Cl2N2O/c9-7-4-5-12(10)8(11-7)13-6-2-1-3-6/h4-6,8H,1-3H2. The smallest absolute Gasteiger partial charge is 0.243 e. The molecule has 0 aromatic heterocycles. The first kappa shape index (κ1) is 9.31. The van der Waals surface area contributed by atoms with Crippen LogP contribution in [0.5, 0.6) is 0 Å². The van der Waals surface area contributed by atoms with Crippen molar-refractivity contribution in [1.82, 2.24) is 4.42 Å². The van der Waals surface area contributed by atoms with Gasteiger partial charge >= 0.3 is 0 Å². The summed E-state index contributed by atoms with van der Waals surface area (Å²) < 4.78 is 6.97. The molecule has 1 heterocycles. The van der Waals surface area contributed by atoms with Crippen molar-refractivity contribution in [1.29, 1.82) is 0 Å². The summed E-state index contributed by atoms with van der Waals surface area (Å²) in [5, 5.41) is 0.432. The molecule has 72 valence electrons. The average molecular weight is 221 g/mol. The second-order valence-corrected chi connectivity index (χ2v) is 3.90. The minimum atomic E-state index is -0.454. The highest BCUT2D eigenvalue weighted by Gasteiger charge is 2.25. The molecule has 0 saturated heterocycles. The van der Waals surface area contributed by atoms with Crippen LogP contribution in [0, 0.1) is 0 Å². The monoisotopic (exact) mass is 220 g/mol. The summed E-state index contributed by atoms with van der Waals surface area (Å²) in [5.41, 5.74) is 0. The van der Waals surface area contributed by atoms with Gasteiger partial charge in [0.25, 0.3) is 0 Å². The lowest BCUT2D eigenvalue weighted by Crippen LogP contribution is -2.34. The predicted molar refractivity (Wildman–Crippen MR) is 52.6 cm³/mol. The molecule has 1 fully saturated rings. The first-order valence-corrected chi connectivity index (χ1v) is 4.98. The molecule has 0 amide bonds. The molecule has 0 spiro atoms. The first-order chi connectivity index (χ1) is 6.25. The van der Waals surface area contributed by atoms with Crippen LogP contribution in [0.1, 0.15) is 19.3 Å². The predicted octanol–water partition coefficient (Wildman–Crippen LogP) is 2.46. The highest BCUT2D eigenvalue weighted by molar-refractivity contribution is 6.68. The molecule has 0 aromatic rings. The lowest BCUT2D eigenvalue weighted by atomic mass is 9.96. The summed E-state index contributed by atoms with van der Waals surface area (Å²) in [6.45, 7) is 0. The number of halogens is 2. The van der Waals surface area contributed by atoms with Crippen molar-refractivity contribution < 1.29 is 4.74 Å². The number of allylic oxidation sites excluding steroid dienone is 1. The van der Waals surface area contributed by atoms with Gasteiger partial charge in [-0.3, -0.25) is 0 Å². The molecule has 1 aliphatic heterocycles.